The molecular formula is C27H18N2O6S. The summed E-state index contributed by atoms with van der Waals surface area (Å²) in [5.74, 6) is -0.911. The molecule has 0 saturated carbocycles. The van der Waals surface area contributed by atoms with Crippen molar-refractivity contribution in [3.63, 3.8) is 0 Å². The second kappa shape index (κ2) is 9.21. The molecule has 8 nitrogen and oxygen atoms in total. The van der Waals surface area contributed by atoms with Gasteiger partial charge in [-0.2, -0.15) is 8.42 Å². The van der Waals surface area contributed by atoms with Gasteiger partial charge in [0.05, 0.1) is 5.56 Å². The predicted molar refractivity (Wildman–Crippen MR) is 135 cm³/mol. The summed E-state index contributed by atoms with van der Waals surface area (Å²) in [6.45, 7) is 0. The maximum Gasteiger partial charge on any atom is 0.343 e. The number of ether oxygens (including phenoxy) is 1. The minimum absolute atomic E-state index is 0.00808. The number of fused-ring (bicyclic) bond motifs is 2. The summed E-state index contributed by atoms with van der Waals surface area (Å²) in [5, 5.41) is 21.0. The minimum atomic E-state index is -4.60. The molecule has 0 radical (unpaired) electrons. The van der Waals surface area contributed by atoms with Gasteiger partial charge in [0, 0.05) is 22.2 Å². The molecular weight excluding hydrogens is 480 g/mol. The van der Waals surface area contributed by atoms with E-state index in [9.17, 15) is 22.9 Å². The quantitative estimate of drug-likeness (QED) is 0.122. The fourth-order valence-electron chi connectivity index (χ4n) is 3.88. The third-order valence-corrected chi connectivity index (χ3v) is 6.46. The van der Waals surface area contributed by atoms with Gasteiger partial charge in [0.1, 0.15) is 22.0 Å². The molecule has 0 fully saturated rings. The van der Waals surface area contributed by atoms with Gasteiger partial charge >= 0.3 is 5.97 Å². The first kappa shape index (κ1) is 23.2. The van der Waals surface area contributed by atoms with Crippen LogP contribution in [0, 0.1) is 0 Å². The largest absolute Gasteiger partial charge is 0.506 e. The molecule has 0 bridgehead atoms. The zero-order chi connectivity index (χ0) is 25.3. The van der Waals surface area contributed by atoms with Gasteiger partial charge in [-0.1, -0.05) is 72.8 Å². The number of azo groups is 1. The van der Waals surface area contributed by atoms with E-state index in [1.165, 1.54) is 6.07 Å². The van der Waals surface area contributed by atoms with Gasteiger partial charge in [-0.3, -0.25) is 4.55 Å². The first-order valence-corrected chi connectivity index (χ1v) is 12.2. The highest BCUT2D eigenvalue weighted by Gasteiger charge is 2.20. The predicted octanol–water partition coefficient (Wildman–Crippen LogP) is 6.58. The van der Waals surface area contributed by atoms with Crippen LogP contribution in [-0.2, 0) is 10.1 Å². The Kier molecular flexibility index (Phi) is 5.93. The standard InChI is InChI=1S/C27H18N2O6S/c30-22-16-24(36(32,33)34)20-12-6-7-13-21(20)25(22)28-29-26-19-11-5-4-8-17(19)14-15-23(26)35-27(31)18-9-2-1-3-10-18/h1-16,30H,(H,32,33,34). The molecule has 5 aromatic rings. The summed E-state index contributed by atoms with van der Waals surface area (Å²) in [4.78, 5) is 12.3. The zero-order valence-corrected chi connectivity index (χ0v) is 19.4. The molecule has 5 aromatic carbocycles. The van der Waals surface area contributed by atoms with E-state index in [1.807, 2.05) is 12.1 Å². The van der Waals surface area contributed by atoms with E-state index in [0.717, 1.165) is 11.5 Å². The van der Waals surface area contributed by atoms with Crippen molar-refractivity contribution < 1.29 is 27.6 Å². The molecule has 9 heteroatoms. The van der Waals surface area contributed by atoms with Gasteiger partial charge in [0.2, 0.25) is 0 Å². The van der Waals surface area contributed by atoms with Crippen LogP contribution >= 0.6 is 0 Å². The van der Waals surface area contributed by atoms with Crippen LogP contribution in [0.2, 0.25) is 0 Å². The summed E-state index contributed by atoms with van der Waals surface area (Å²) >= 11 is 0. The van der Waals surface area contributed by atoms with Crippen LogP contribution in [0.4, 0.5) is 11.4 Å². The zero-order valence-electron chi connectivity index (χ0n) is 18.6. The first-order chi connectivity index (χ1) is 17.3. The molecule has 0 spiro atoms. The summed E-state index contributed by atoms with van der Waals surface area (Å²) in [7, 11) is -4.60. The fraction of sp³-hybridized carbons (Fsp3) is 0. The molecule has 5 rings (SSSR count). The van der Waals surface area contributed by atoms with Crippen LogP contribution in [0.1, 0.15) is 10.4 Å². The van der Waals surface area contributed by atoms with Crippen molar-refractivity contribution in [2.45, 2.75) is 4.90 Å². The normalized spacial score (nSPS) is 11.8. The van der Waals surface area contributed by atoms with Crippen LogP contribution in [0.3, 0.4) is 0 Å². The van der Waals surface area contributed by atoms with Crippen LogP contribution in [-0.4, -0.2) is 24.0 Å². The molecule has 36 heavy (non-hydrogen) atoms. The van der Waals surface area contributed by atoms with Gasteiger partial charge in [0.25, 0.3) is 10.1 Å². The highest BCUT2D eigenvalue weighted by molar-refractivity contribution is 7.86. The highest BCUT2D eigenvalue weighted by atomic mass is 32.2. The van der Waals surface area contributed by atoms with Crippen LogP contribution < -0.4 is 4.74 Å². The van der Waals surface area contributed by atoms with Crippen molar-refractivity contribution in [3.8, 4) is 11.5 Å². The Morgan fingerprint density at radius 2 is 1.33 bits per heavy atom. The number of aromatic hydroxyl groups is 1. The highest BCUT2D eigenvalue weighted by Crippen LogP contribution is 2.42. The number of hydrogen-bond acceptors (Lipinski definition) is 7. The number of phenols is 1. The van der Waals surface area contributed by atoms with E-state index in [2.05, 4.69) is 10.2 Å². The van der Waals surface area contributed by atoms with Gasteiger partial charge in [-0.05, 0) is 23.6 Å². The lowest BCUT2D eigenvalue weighted by molar-refractivity contribution is 0.0735. The maximum atomic E-state index is 12.7. The van der Waals surface area contributed by atoms with Crippen molar-refractivity contribution in [2.24, 2.45) is 10.2 Å². The first-order valence-electron chi connectivity index (χ1n) is 10.8. The molecule has 0 atom stereocenters. The second-order valence-electron chi connectivity index (χ2n) is 7.85. The number of nitrogens with zero attached hydrogens (tertiary/aromatic N) is 2. The summed E-state index contributed by atoms with van der Waals surface area (Å²) in [6, 6.07) is 26.4. The lowest BCUT2D eigenvalue weighted by atomic mass is 10.1. The molecule has 0 aliphatic rings. The van der Waals surface area contributed by atoms with E-state index in [-0.39, 0.29) is 27.9 Å². The Hall–Kier alpha value is -4.60. The number of phenolic OH excluding ortho intramolecular Hbond substituents is 1. The Morgan fingerprint density at radius 3 is 2.06 bits per heavy atom. The minimum Gasteiger partial charge on any atom is -0.506 e. The number of esters is 1. The van der Waals surface area contributed by atoms with Crippen LogP contribution in [0.15, 0.2) is 112 Å². The molecule has 0 aromatic heterocycles. The topological polar surface area (TPSA) is 126 Å². The van der Waals surface area contributed by atoms with Crippen molar-refractivity contribution in [1.29, 1.82) is 0 Å². The van der Waals surface area contributed by atoms with E-state index in [4.69, 9.17) is 4.74 Å². The number of carbonyl (C=O) groups excluding carboxylic acids is 1. The molecule has 0 unspecified atom stereocenters. The molecule has 178 valence electrons. The molecule has 0 aliphatic carbocycles. The van der Waals surface area contributed by atoms with Gasteiger partial charge in [-0.25, -0.2) is 4.79 Å². The number of benzene rings is 5. The Balaban J connectivity index is 1.66. The Morgan fingerprint density at radius 1 is 0.722 bits per heavy atom. The average molecular weight is 499 g/mol. The van der Waals surface area contributed by atoms with E-state index in [0.29, 0.717) is 10.9 Å². The monoisotopic (exact) mass is 498 g/mol. The van der Waals surface area contributed by atoms with E-state index < -0.39 is 26.7 Å². The van der Waals surface area contributed by atoms with E-state index in [1.54, 1.807) is 72.8 Å². The number of rotatable bonds is 5. The lowest BCUT2D eigenvalue weighted by Crippen LogP contribution is -2.08. The third kappa shape index (κ3) is 4.40. The maximum absolute atomic E-state index is 12.7. The molecule has 0 heterocycles. The van der Waals surface area contributed by atoms with Crippen LogP contribution in [0.25, 0.3) is 21.5 Å². The van der Waals surface area contributed by atoms with Crippen molar-refractivity contribution in [1.82, 2.24) is 0 Å². The fourth-order valence-corrected chi connectivity index (χ4v) is 4.60. The lowest BCUT2D eigenvalue weighted by Gasteiger charge is -2.11. The average Bonchev–Trinajstić information content (AvgIpc) is 2.88. The summed E-state index contributed by atoms with van der Waals surface area (Å²) < 4.78 is 38.9. The van der Waals surface area contributed by atoms with Crippen molar-refractivity contribution in [2.75, 3.05) is 0 Å². The summed E-state index contributed by atoms with van der Waals surface area (Å²) in [6.07, 6.45) is 0. The van der Waals surface area contributed by atoms with E-state index >= 15 is 0 Å². The van der Waals surface area contributed by atoms with Crippen molar-refractivity contribution in [3.05, 3.63) is 103 Å². The SMILES string of the molecule is O=C(Oc1ccc2ccccc2c1N=Nc1c(O)cc(S(=O)(=O)O)c2ccccc12)c1ccccc1. The molecule has 0 saturated heterocycles. The van der Waals surface area contributed by atoms with Gasteiger partial charge in [-0.15, -0.1) is 10.2 Å². The number of carbonyl (C=O) groups is 1. The molecule has 0 amide bonds. The van der Waals surface area contributed by atoms with Crippen LogP contribution in [0.5, 0.6) is 11.5 Å². The van der Waals surface area contributed by atoms with Gasteiger partial charge < -0.3 is 9.84 Å². The smallest absolute Gasteiger partial charge is 0.343 e. The summed E-state index contributed by atoms with van der Waals surface area (Å²) in [5.41, 5.74) is 0.601. The van der Waals surface area contributed by atoms with Crippen molar-refractivity contribution >= 4 is 49.0 Å². The van der Waals surface area contributed by atoms with Gasteiger partial charge in [0.15, 0.2) is 5.75 Å². The number of hydrogen-bond donors (Lipinski definition) is 2. The Labute approximate surface area is 205 Å². The third-order valence-electron chi connectivity index (χ3n) is 5.56. The Bertz CT molecular complexity index is 1770. The second-order valence-corrected chi connectivity index (χ2v) is 9.24. The molecule has 0 aliphatic heterocycles. The molecule has 2 N–H and O–H groups in total.